The first kappa shape index (κ1) is 12.3. The van der Waals surface area contributed by atoms with Gasteiger partial charge in [-0.3, -0.25) is 0 Å². The van der Waals surface area contributed by atoms with Crippen molar-refractivity contribution in [3.05, 3.63) is 58.9 Å². The van der Waals surface area contributed by atoms with Crippen molar-refractivity contribution in [2.75, 3.05) is 0 Å². The molecule has 0 unspecified atom stereocenters. The lowest BCUT2D eigenvalue weighted by atomic mass is 9.96. The lowest BCUT2D eigenvalue weighted by Gasteiger charge is -2.09. The highest BCUT2D eigenvalue weighted by atomic mass is 19.1. The molecule has 2 aromatic rings. The number of hydrogen-bond acceptors (Lipinski definition) is 1. The average Bonchev–Trinajstić information content (AvgIpc) is 2.32. The Morgan fingerprint density at radius 1 is 1.11 bits per heavy atom. The van der Waals surface area contributed by atoms with Gasteiger partial charge in [-0.15, -0.1) is 0 Å². The van der Waals surface area contributed by atoms with Crippen LogP contribution in [0.5, 0.6) is 0 Å². The van der Waals surface area contributed by atoms with Gasteiger partial charge in [-0.2, -0.15) is 0 Å². The molecule has 0 aliphatic heterocycles. The molecule has 0 heterocycles. The van der Waals surface area contributed by atoms with E-state index in [0.29, 0.717) is 5.56 Å². The first-order valence-corrected chi connectivity index (χ1v) is 5.59. The number of aryl methyl sites for hydroxylation is 1. The summed E-state index contributed by atoms with van der Waals surface area (Å²) in [6.07, 6.45) is 0. The minimum atomic E-state index is -0.964. The molecule has 92 valence electrons. The third-order valence-electron chi connectivity index (χ3n) is 3.06. The SMILES string of the molecule is Cc1cc(-c2cccc(F)c2)cc(C(=O)O)c1C. The Morgan fingerprint density at radius 3 is 2.44 bits per heavy atom. The van der Waals surface area contributed by atoms with E-state index in [1.54, 1.807) is 25.1 Å². The van der Waals surface area contributed by atoms with Crippen LogP contribution in [0.15, 0.2) is 36.4 Å². The summed E-state index contributed by atoms with van der Waals surface area (Å²) in [7, 11) is 0. The molecule has 2 rings (SSSR count). The Kier molecular flexibility index (Phi) is 3.15. The summed E-state index contributed by atoms with van der Waals surface area (Å²) in [6, 6.07) is 9.59. The number of carboxylic acids is 1. The highest BCUT2D eigenvalue weighted by Gasteiger charge is 2.11. The summed E-state index contributed by atoms with van der Waals surface area (Å²) in [6.45, 7) is 3.62. The topological polar surface area (TPSA) is 37.3 Å². The number of hydrogen-bond donors (Lipinski definition) is 1. The molecule has 0 saturated heterocycles. The maximum atomic E-state index is 13.2. The summed E-state index contributed by atoms with van der Waals surface area (Å²) in [5, 5.41) is 9.14. The standard InChI is InChI=1S/C15H13FO2/c1-9-6-12(8-14(10(9)2)15(17)18)11-4-3-5-13(16)7-11/h3-8H,1-2H3,(H,17,18). The summed E-state index contributed by atoms with van der Waals surface area (Å²) in [5.74, 6) is -1.29. The van der Waals surface area contributed by atoms with Crippen molar-refractivity contribution in [2.45, 2.75) is 13.8 Å². The Morgan fingerprint density at radius 2 is 1.83 bits per heavy atom. The second-order valence-electron chi connectivity index (χ2n) is 4.28. The fraction of sp³-hybridized carbons (Fsp3) is 0.133. The second kappa shape index (κ2) is 4.61. The van der Waals surface area contributed by atoms with E-state index >= 15 is 0 Å². The van der Waals surface area contributed by atoms with Gasteiger partial charge in [0, 0.05) is 0 Å². The van der Waals surface area contributed by atoms with Gasteiger partial charge in [0.2, 0.25) is 0 Å². The molecule has 0 aromatic heterocycles. The lowest BCUT2D eigenvalue weighted by molar-refractivity contribution is 0.0696. The van der Waals surface area contributed by atoms with Crippen molar-refractivity contribution in [1.29, 1.82) is 0 Å². The summed E-state index contributed by atoms with van der Waals surface area (Å²) >= 11 is 0. The molecule has 0 aliphatic carbocycles. The second-order valence-corrected chi connectivity index (χ2v) is 4.28. The van der Waals surface area contributed by atoms with Gasteiger partial charge in [-0.25, -0.2) is 9.18 Å². The van der Waals surface area contributed by atoms with Gasteiger partial charge in [0.05, 0.1) is 5.56 Å². The van der Waals surface area contributed by atoms with E-state index in [0.717, 1.165) is 16.7 Å². The maximum Gasteiger partial charge on any atom is 0.335 e. The monoisotopic (exact) mass is 244 g/mol. The Hall–Kier alpha value is -2.16. The molecule has 0 amide bonds. The van der Waals surface area contributed by atoms with E-state index in [9.17, 15) is 9.18 Å². The molecular weight excluding hydrogens is 231 g/mol. The van der Waals surface area contributed by atoms with Crippen LogP contribution < -0.4 is 0 Å². The van der Waals surface area contributed by atoms with Crippen LogP contribution in [0.2, 0.25) is 0 Å². The van der Waals surface area contributed by atoms with Crippen molar-refractivity contribution in [3.8, 4) is 11.1 Å². The van der Waals surface area contributed by atoms with Crippen LogP contribution in [-0.4, -0.2) is 11.1 Å². The number of carboxylic acid groups (broad SMARTS) is 1. The molecule has 0 spiro atoms. The molecule has 0 bridgehead atoms. The molecule has 3 heteroatoms. The van der Waals surface area contributed by atoms with Crippen molar-refractivity contribution in [1.82, 2.24) is 0 Å². The number of halogens is 1. The van der Waals surface area contributed by atoms with Gasteiger partial charge in [0.1, 0.15) is 5.82 Å². The van der Waals surface area contributed by atoms with Crippen molar-refractivity contribution in [2.24, 2.45) is 0 Å². The molecule has 2 nitrogen and oxygen atoms in total. The smallest absolute Gasteiger partial charge is 0.335 e. The largest absolute Gasteiger partial charge is 0.478 e. The molecule has 0 atom stereocenters. The highest BCUT2D eigenvalue weighted by Crippen LogP contribution is 2.25. The van der Waals surface area contributed by atoms with Gasteiger partial charge in [-0.05, 0) is 54.3 Å². The molecule has 0 fully saturated rings. The summed E-state index contributed by atoms with van der Waals surface area (Å²) < 4.78 is 13.2. The van der Waals surface area contributed by atoms with Gasteiger partial charge >= 0.3 is 5.97 Å². The fourth-order valence-electron chi connectivity index (χ4n) is 1.92. The molecule has 1 N–H and O–H groups in total. The molecule has 2 aromatic carbocycles. The van der Waals surface area contributed by atoms with Crippen molar-refractivity contribution < 1.29 is 14.3 Å². The van der Waals surface area contributed by atoms with Gasteiger partial charge in [0.25, 0.3) is 0 Å². The molecule has 0 radical (unpaired) electrons. The number of benzene rings is 2. The Labute approximate surface area is 105 Å². The molecule has 0 saturated carbocycles. The quantitative estimate of drug-likeness (QED) is 0.872. The molecule has 0 aliphatic rings. The van der Waals surface area contributed by atoms with Crippen LogP contribution in [0, 0.1) is 19.7 Å². The van der Waals surface area contributed by atoms with Crippen LogP contribution in [-0.2, 0) is 0 Å². The average molecular weight is 244 g/mol. The fourth-order valence-corrected chi connectivity index (χ4v) is 1.92. The number of aromatic carboxylic acids is 1. The van der Waals surface area contributed by atoms with Gasteiger partial charge in [-0.1, -0.05) is 18.2 Å². The summed E-state index contributed by atoms with van der Waals surface area (Å²) in [4.78, 5) is 11.2. The first-order valence-electron chi connectivity index (χ1n) is 5.59. The normalized spacial score (nSPS) is 10.4. The van der Waals surface area contributed by atoms with Crippen LogP contribution >= 0.6 is 0 Å². The van der Waals surface area contributed by atoms with Crippen molar-refractivity contribution in [3.63, 3.8) is 0 Å². The van der Waals surface area contributed by atoms with E-state index in [-0.39, 0.29) is 11.4 Å². The first-order chi connectivity index (χ1) is 8.49. The van der Waals surface area contributed by atoms with E-state index in [1.807, 2.05) is 13.0 Å². The zero-order valence-electron chi connectivity index (χ0n) is 10.2. The Bertz CT molecular complexity index is 618. The van der Waals surface area contributed by atoms with Crippen LogP contribution in [0.4, 0.5) is 4.39 Å². The van der Waals surface area contributed by atoms with Crippen LogP contribution in [0.3, 0.4) is 0 Å². The number of rotatable bonds is 2. The predicted octanol–water partition coefficient (Wildman–Crippen LogP) is 3.81. The van der Waals surface area contributed by atoms with Crippen LogP contribution in [0.25, 0.3) is 11.1 Å². The summed E-state index contributed by atoms with van der Waals surface area (Å²) in [5.41, 5.74) is 3.28. The van der Waals surface area contributed by atoms with Crippen molar-refractivity contribution >= 4 is 5.97 Å². The van der Waals surface area contributed by atoms with E-state index in [4.69, 9.17) is 5.11 Å². The number of carbonyl (C=O) groups is 1. The zero-order valence-corrected chi connectivity index (χ0v) is 10.2. The highest BCUT2D eigenvalue weighted by molar-refractivity contribution is 5.91. The minimum Gasteiger partial charge on any atom is -0.478 e. The van der Waals surface area contributed by atoms with Gasteiger partial charge < -0.3 is 5.11 Å². The third-order valence-corrected chi connectivity index (χ3v) is 3.06. The van der Waals surface area contributed by atoms with E-state index in [2.05, 4.69) is 0 Å². The molecular formula is C15H13FO2. The van der Waals surface area contributed by atoms with Gasteiger partial charge in [0.15, 0.2) is 0 Å². The predicted molar refractivity (Wildman–Crippen MR) is 68.3 cm³/mol. The minimum absolute atomic E-state index is 0.259. The maximum absolute atomic E-state index is 13.2. The zero-order chi connectivity index (χ0) is 13.3. The molecule has 18 heavy (non-hydrogen) atoms. The Balaban J connectivity index is 2.63. The lowest BCUT2D eigenvalue weighted by Crippen LogP contribution is -2.02. The van der Waals surface area contributed by atoms with E-state index in [1.165, 1.54) is 12.1 Å². The third kappa shape index (κ3) is 2.25. The van der Waals surface area contributed by atoms with Crippen LogP contribution in [0.1, 0.15) is 21.5 Å². The van der Waals surface area contributed by atoms with E-state index < -0.39 is 5.97 Å².